The summed E-state index contributed by atoms with van der Waals surface area (Å²) in [5.74, 6) is 0. The molecule has 0 unspecified atom stereocenters. The van der Waals surface area contributed by atoms with E-state index in [2.05, 4.69) is 42.4 Å². The standard InChI is InChI=1S/C11H11NS2/c1-8-10(14-11(12-8)13-2)9-6-4-3-5-7-9/h3-7H,1-2H3. The molecule has 0 atom stereocenters. The second-order valence-electron chi connectivity index (χ2n) is 2.96. The first kappa shape index (κ1) is 9.74. The molecule has 3 heteroatoms. The Morgan fingerprint density at radius 2 is 1.93 bits per heavy atom. The van der Waals surface area contributed by atoms with Gasteiger partial charge in [0.2, 0.25) is 0 Å². The summed E-state index contributed by atoms with van der Waals surface area (Å²) in [5.41, 5.74) is 2.40. The molecule has 2 rings (SSSR count). The third kappa shape index (κ3) is 1.83. The van der Waals surface area contributed by atoms with Gasteiger partial charge in [0.05, 0.1) is 10.6 Å². The monoisotopic (exact) mass is 221 g/mol. The Morgan fingerprint density at radius 3 is 2.50 bits per heavy atom. The van der Waals surface area contributed by atoms with Gasteiger partial charge in [-0.05, 0) is 18.7 Å². The van der Waals surface area contributed by atoms with Gasteiger partial charge >= 0.3 is 0 Å². The average molecular weight is 221 g/mol. The molecule has 0 N–H and O–H groups in total. The number of rotatable bonds is 2. The van der Waals surface area contributed by atoms with E-state index >= 15 is 0 Å². The summed E-state index contributed by atoms with van der Waals surface area (Å²) in [5, 5.41) is 0. The zero-order valence-electron chi connectivity index (χ0n) is 8.15. The first-order valence-corrected chi connectivity index (χ1v) is 6.42. The fraction of sp³-hybridized carbons (Fsp3) is 0.182. The van der Waals surface area contributed by atoms with Crippen molar-refractivity contribution in [1.29, 1.82) is 0 Å². The van der Waals surface area contributed by atoms with E-state index in [1.54, 1.807) is 23.1 Å². The van der Waals surface area contributed by atoms with Gasteiger partial charge in [-0.2, -0.15) is 0 Å². The van der Waals surface area contributed by atoms with E-state index in [-0.39, 0.29) is 0 Å². The highest BCUT2D eigenvalue weighted by Gasteiger charge is 2.07. The maximum Gasteiger partial charge on any atom is 0.150 e. The molecule has 1 aromatic carbocycles. The van der Waals surface area contributed by atoms with Crippen molar-refractivity contribution in [1.82, 2.24) is 4.98 Å². The molecule has 0 saturated carbocycles. The van der Waals surface area contributed by atoms with Crippen LogP contribution in [-0.4, -0.2) is 11.2 Å². The lowest BCUT2D eigenvalue weighted by molar-refractivity contribution is 1.16. The molecule has 14 heavy (non-hydrogen) atoms. The maximum atomic E-state index is 4.49. The fourth-order valence-electron chi connectivity index (χ4n) is 1.32. The van der Waals surface area contributed by atoms with Crippen LogP contribution in [0, 0.1) is 6.92 Å². The van der Waals surface area contributed by atoms with Gasteiger partial charge in [0, 0.05) is 0 Å². The van der Waals surface area contributed by atoms with Gasteiger partial charge in [0.25, 0.3) is 0 Å². The number of nitrogens with zero attached hydrogens (tertiary/aromatic N) is 1. The van der Waals surface area contributed by atoms with Crippen LogP contribution in [0.15, 0.2) is 34.7 Å². The summed E-state index contributed by atoms with van der Waals surface area (Å²) in [7, 11) is 0. The first-order chi connectivity index (χ1) is 6.81. The van der Waals surface area contributed by atoms with Crippen molar-refractivity contribution in [2.24, 2.45) is 0 Å². The van der Waals surface area contributed by atoms with Crippen LogP contribution in [0.4, 0.5) is 0 Å². The van der Waals surface area contributed by atoms with E-state index < -0.39 is 0 Å². The Bertz CT molecular complexity index is 420. The van der Waals surface area contributed by atoms with Gasteiger partial charge in [-0.3, -0.25) is 0 Å². The third-order valence-corrected chi connectivity index (χ3v) is 4.18. The molecule has 0 spiro atoms. The Balaban J connectivity index is 2.46. The molecule has 0 aliphatic carbocycles. The summed E-state index contributed by atoms with van der Waals surface area (Å²) < 4.78 is 1.14. The zero-order chi connectivity index (χ0) is 9.97. The second-order valence-corrected chi connectivity index (χ2v) is 5.02. The summed E-state index contributed by atoms with van der Waals surface area (Å²) >= 11 is 3.47. The molecule has 1 nitrogen and oxygen atoms in total. The predicted molar refractivity (Wildman–Crippen MR) is 64.1 cm³/mol. The van der Waals surface area contributed by atoms with Crippen molar-refractivity contribution in [3.05, 3.63) is 36.0 Å². The zero-order valence-corrected chi connectivity index (χ0v) is 9.78. The minimum Gasteiger partial charge on any atom is -0.234 e. The Kier molecular flexibility index (Phi) is 2.89. The van der Waals surface area contributed by atoms with E-state index in [4.69, 9.17) is 0 Å². The van der Waals surface area contributed by atoms with Gasteiger partial charge < -0.3 is 0 Å². The highest BCUT2D eigenvalue weighted by molar-refractivity contribution is 8.00. The highest BCUT2D eigenvalue weighted by Crippen LogP contribution is 2.33. The molecule has 72 valence electrons. The lowest BCUT2D eigenvalue weighted by atomic mass is 10.2. The molecule has 1 aromatic heterocycles. The summed E-state index contributed by atoms with van der Waals surface area (Å²) in [6.07, 6.45) is 2.06. The van der Waals surface area contributed by atoms with E-state index in [0.29, 0.717) is 0 Å². The molecular formula is C11H11NS2. The van der Waals surface area contributed by atoms with Crippen LogP contribution in [-0.2, 0) is 0 Å². The quantitative estimate of drug-likeness (QED) is 0.715. The smallest absolute Gasteiger partial charge is 0.150 e. The van der Waals surface area contributed by atoms with Gasteiger partial charge in [-0.15, -0.1) is 11.3 Å². The lowest BCUT2D eigenvalue weighted by Crippen LogP contribution is -1.76. The number of benzene rings is 1. The Hall–Kier alpha value is -0.800. The highest BCUT2D eigenvalue weighted by atomic mass is 32.2. The van der Waals surface area contributed by atoms with E-state index in [0.717, 1.165) is 10.0 Å². The second kappa shape index (κ2) is 4.15. The van der Waals surface area contributed by atoms with Crippen molar-refractivity contribution in [2.75, 3.05) is 6.26 Å². The Labute approximate surface area is 92.2 Å². The average Bonchev–Trinajstić information content (AvgIpc) is 2.61. The van der Waals surface area contributed by atoms with Gasteiger partial charge in [0.1, 0.15) is 4.34 Å². The van der Waals surface area contributed by atoms with Gasteiger partial charge in [-0.1, -0.05) is 42.1 Å². The van der Waals surface area contributed by atoms with Crippen molar-refractivity contribution >= 4 is 23.1 Å². The number of aromatic nitrogens is 1. The minimum absolute atomic E-state index is 1.13. The third-order valence-electron chi connectivity index (χ3n) is 1.99. The minimum atomic E-state index is 1.13. The molecule has 0 radical (unpaired) electrons. The predicted octanol–water partition coefficient (Wildman–Crippen LogP) is 3.84. The van der Waals surface area contributed by atoms with E-state index in [1.165, 1.54) is 10.4 Å². The topological polar surface area (TPSA) is 12.9 Å². The van der Waals surface area contributed by atoms with Crippen LogP contribution < -0.4 is 0 Å². The number of hydrogen-bond donors (Lipinski definition) is 0. The number of aryl methyl sites for hydroxylation is 1. The molecule has 0 aliphatic heterocycles. The van der Waals surface area contributed by atoms with Crippen LogP contribution in [0.2, 0.25) is 0 Å². The van der Waals surface area contributed by atoms with E-state index in [1.807, 2.05) is 6.07 Å². The molecule has 0 aliphatic rings. The summed E-state index contributed by atoms with van der Waals surface area (Å²) in [6.45, 7) is 2.07. The molecule has 0 bridgehead atoms. The van der Waals surface area contributed by atoms with Crippen molar-refractivity contribution in [3.8, 4) is 10.4 Å². The molecule has 1 heterocycles. The fourth-order valence-corrected chi connectivity index (χ4v) is 2.93. The van der Waals surface area contributed by atoms with Crippen molar-refractivity contribution < 1.29 is 0 Å². The SMILES string of the molecule is CSc1nc(C)c(-c2ccccc2)s1. The van der Waals surface area contributed by atoms with Crippen LogP contribution in [0.5, 0.6) is 0 Å². The molecule has 0 amide bonds. The molecular weight excluding hydrogens is 210 g/mol. The van der Waals surface area contributed by atoms with E-state index in [9.17, 15) is 0 Å². The maximum absolute atomic E-state index is 4.49. The number of hydrogen-bond acceptors (Lipinski definition) is 3. The molecule has 0 saturated heterocycles. The van der Waals surface area contributed by atoms with Gasteiger partial charge in [-0.25, -0.2) is 4.98 Å². The van der Waals surface area contributed by atoms with Crippen LogP contribution in [0.3, 0.4) is 0 Å². The van der Waals surface area contributed by atoms with Gasteiger partial charge in [0.15, 0.2) is 0 Å². The number of thioether (sulfide) groups is 1. The molecule has 2 aromatic rings. The lowest BCUT2D eigenvalue weighted by Gasteiger charge is -1.96. The van der Waals surface area contributed by atoms with Crippen LogP contribution >= 0.6 is 23.1 Å². The Morgan fingerprint density at radius 1 is 1.21 bits per heavy atom. The number of thiazole rings is 1. The van der Waals surface area contributed by atoms with Crippen molar-refractivity contribution in [3.63, 3.8) is 0 Å². The largest absolute Gasteiger partial charge is 0.234 e. The summed E-state index contributed by atoms with van der Waals surface area (Å²) in [6, 6.07) is 10.4. The normalized spacial score (nSPS) is 10.4. The van der Waals surface area contributed by atoms with Crippen LogP contribution in [0.25, 0.3) is 10.4 Å². The molecule has 0 fully saturated rings. The van der Waals surface area contributed by atoms with Crippen LogP contribution in [0.1, 0.15) is 5.69 Å². The first-order valence-electron chi connectivity index (χ1n) is 4.38. The summed E-state index contributed by atoms with van der Waals surface area (Å²) in [4.78, 5) is 5.77. The van der Waals surface area contributed by atoms with Crippen molar-refractivity contribution in [2.45, 2.75) is 11.3 Å².